The molecule has 0 saturated carbocycles. The largest absolute Gasteiger partial charge is 0.497 e. The van der Waals surface area contributed by atoms with Crippen LogP contribution in [0.5, 0.6) is 5.75 Å². The Morgan fingerprint density at radius 1 is 1.21 bits per heavy atom. The molecule has 0 radical (unpaired) electrons. The minimum Gasteiger partial charge on any atom is -0.497 e. The van der Waals surface area contributed by atoms with E-state index in [0.29, 0.717) is 11.4 Å². The number of halogens is 1. The molecule has 0 bridgehead atoms. The fraction of sp³-hybridized carbons (Fsp3) is 0.286. The summed E-state index contributed by atoms with van der Waals surface area (Å²) in [6.07, 6.45) is 1.49. The Balaban J connectivity index is 2.50. The monoisotopic (exact) mass is 436 g/mol. The smallest absolute Gasteiger partial charge is 0.264 e. The van der Waals surface area contributed by atoms with Gasteiger partial charge in [-0.2, -0.15) is 0 Å². The van der Waals surface area contributed by atoms with Crippen LogP contribution in [0, 0.1) is 0 Å². The summed E-state index contributed by atoms with van der Waals surface area (Å²) >= 11 is 6.16. The van der Waals surface area contributed by atoms with Gasteiger partial charge in [-0.25, -0.2) is 8.42 Å². The fourth-order valence-corrected chi connectivity index (χ4v) is 4.25. The van der Waals surface area contributed by atoms with Crippen LogP contribution >= 0.6 is 11.6 Å². The Labute approximate surface area is 177 Å². The van der Waals surface area contributed by atoms with E-state index in [4.69, 9.17) is 16.3 Å². The number of ether oxygens (including phenoxy) is 1. The van der Waals surface area contributed by atoms with Crippen molar-refractivity contribution in [2.24, 2.45) is 0 Å². The molecule has 0 heterocycles. The highest BCUT2D eigenvalue weighted by molar-refractivity contribution is 7.92. The fourth-order valence-electron chi connectivity index (χ4n) is 2.58. The van der Waals surface area contributed by atoms with Crippen LogP contribution in [0.3, 0.4) is 0 Å². The summed E-state index contributed by atoms with van der Waals surface area (Å²) in [6.45, 7) is 9.19. The van der Waals surface area contributed by atoms with Gasteiger partial charge in [-0.3, -0.25) is 9.10 Å². The number of nitrogens with zero attached hydrogens (tertiary/aromatic N) is 1. The van der Waals surface area contributed by atoms with Crippen LogP contribution in [0.2, 0.25) is 5.02 Å². The molecule has 0 atom stereocenters. The van der Waals surface area contributed by atoms with Gasteiger partial charge in [-0.1, -0.05) is 17.7 Å². The van der Waals surface area contributed by atoms with Crippen molar-refractivity contribution in [1.82, 2.24) is 5.32 Å². The van der Waals surface area contributed by atoms with Crippen molar-refractivity contribution < 1.29 is 17.9 Å². The van der Waals surface area contributed by atoms with Crippen LogP contribution in [0.25, 0.3) is 0 Å². The lowest BCUT2D eigenvalue weighted by atomic mass is 10.1. The van der Waals surface area contributed by atoms with Crippen molar-refractivity contribution >= 4 is 33.2 Å². The average molecular weight is 437 g/mol. The van der Waals surface area contributed by atoms with Crippen LogP contribution in [0.1, 0.15) is 31.1 Å². The molecule has 0 unspecified atom stereocenters. The Morgan fingerprint density at radius 3 is 2.34 bits per heavy atom. The summed E-state index contributed by atoms with van der Waals surface area (Å²) in [4.78, 5) is 12.5. The lowest BCUT2D eigenvalue weighted by molar-refractivity contribution is 0.0919. The van der Waals surface area contributed by atoms with Gasteiger partial charge in [0.05, 0.1) is 34.8 Å². The van der Waals surface area contributed by atoms with E-state index >= 15 is 0 Å². The van der Waals surface area contributed by atoms with E-state index in [1.165, 1.54) is 35.7 Å². The van der Waals surface area contributed by atoms with E-state index in [1.807, 2.05) is 20.8 Å². The first-order chi connectivity index (χ1) is 13.5. The number of hydrogen-bond acceptors (Lipinski definition) is 4. The van der Waals surface area contributed by atoms with Crippen LogP contribution in [-0.4, -0.2) is 33.5 Å². The lowest BCUT2D eigenvalue weighted by Crippen LogP contribution is -2.40. The second-order valence-electron chi connectivity index (χ2n) is 7.37. The molecule has 0 aromatic heterocycles. The maximum absolute atomic E-state index is 13.3. The highest BCUT2D eigenvalue weighted by Gasteiger charge is 2.27. The molecule has 2 aromatic carbocycles. The number of sulfonamides is 1. The summed E-state index contributed by atoms with van der Waals surface area (Å²) in [5.74, 6) is 0.164. The molecule has 0 aliphatic heterocycles. The molecule has 29 heavy (non-hydrogen) atoms. The highest BCUT2D eigenvalue weighted by atomic mass is 35.5. The summed E-state index contributed by atoms with van der Waals surface area (Å²) in [5.41, 5.74) is 0.0464. The number of carbonyl (C=O) groups is 1. The molecule has 2 rings (SSSR count). The minimum absolute atomic E-state index is 0.0429. The van der Waals surface area contributed by atoms with Crippen LogP contribution in [0.15, 0.2) is 60.0 Å². The van der Waals surface area contributed by atoms with Gasteiger partial charge in [0.2, 0.25) is 0 Å². The molecule has 1 N–H and O–H groups in total. The van der Waals surface area contributed by atoms with E-state index in [2.05, 4.69) is 11.9 Å². The molecule has 0 spiro atoms. The van der Waals surface area contributed by atoms with E-state index in [0.717, 1.165) is 0 Å². The van der Waals surface area contributed by atoms with E-state index in [-0.39, 0.29) is 22.0 Å². The minimum atomic E-state index is -3.97. The number of nitrogens with one attached hydrogen (secondary N) is 1. The summed E-state index contributed by atoms with van der Waals surface area (Å²) in [6, 6.07) is 10.7. The Bertz CT molecular complexity index is 996. The van der Waals surface area contributed by atoms with E-state index in [9.17, 15) is 13.2 Å². The summed E-state index contributed by atoms with van der Waals surface area (Å²) in [5, 5.41) is 2.96. The molecule has 8 heteroatoms. The number of carbonyl (C=O) groups excluding carboxylic acids is 1. The highest BCUT2D eigenvalue weighted by Crippen LogP contribution is 2.28. The summed E-state index contributed by atoms with van der Waals surface area (Å²) in [7, 11) is -2.44. The molecule has 156 valence electrons. The predicted octanol–water partition coefficient (Wildman–Crippen LogP) is 4.26. The zero-order valence-electron chi connectivity index (χ0n) is 16.9. The van der Waals surface area contributed by atoms with Gasteiger partial charge in [0.15, 0.2) is 0 Å². The molecular weight excluding hydrogens is 412 g/mol. The van der Waals surface area contributed by atoms with Crippen molar-refractivity contribution in [3.63, 3.8) is 0 Å². The third-order valence-corrected chi connectivity index (χ3v) is 6.03. The normalized spacial score (nSPS) is 11.6. The topological polar surface area (TPSA) is 75.7 Å². The third kappa shape index (κ3) is 5.52. The molecule has 0 fully saturated rings. The summed E-state index contributed by atoms with van der Waals surface area (Å²) < 4.78 is 33.0. The maximum Gasteiger partial charge on any atom is 0.264 e. The van der Waals surface area contributed by atoms with Crippen molar-refractivity contribution in [3.8, 4) is 5.75 Å². The van der Waals surface area contributed by atoms with Gasteiger partial charge in [0.1, 0.15) is 5.75 Å². The predicted molar refractivity (Wildman–Crippen MR) is 116 cm³/mol. The number of benzene rings is 2. The van der Waals surface area contributed by atoms with Crippen molar-refractivity contribution in [2.45, 2.75) is 31.2 Å². The van der Waals surface area contributed by atoms with Gasteiger partial charge in [0.25, 0.3) is 15.9 Å². The molecule has 6 nitrogen and oxygen atoms in total. The number of hydrogen-bond donors (Lipinski definition) is 1. The molecule has 0 aliphatic carbocycles. The van der Waals surface area contributed by atoms with Crippen molar-refractivity contribution in [1.29, 1.82) is 0 Å². The zero-order chi connectivity index (χ0) is 21.8. The van der Waals surface area contributed by atoms with Crippen LogP contribution in [0.4, 0.5) is 5.69 Å². The molecule has 0 aliphatic rings. The Hall–Kier alpha value is -2.51. The van der Waals surface area contributed by atoms with Crippen molar-refractivity contribution in [2.75, 3.05) is 18.0 Å². The third-order valence-electron chi connectivity index (χ3n) is 3.91. The second-order valence-corrected chi connectivity index (χ2v) is 9.64. The van der Waals surface area contributed by atoms with Gasteiger partial charge in [0, 0.05) is 5.54 Å². The molecule has 0 saturated heterocycles. The van der Waals surface area contributed by atoms with Gasteiger partial charge in [-0.15, -0.1) is 6.58 Å². The number of amides is 1. The quantitative estimate of drug-likeness (QED) is 0.658. The molecule has 2 aromatic rings. The van der Waals surface area contributed by atoms with Crippen LogP contribution in [-0.2, 0) is 10.0 Å². The van der Waals surface area contributed by atoms with Crippen molar-refractivity contribution in [3.05, 3.63) is 65.7 Å². The zero-order valence-corrected chi connectivity index (χ0v) is 18.5. The maximum atomic E-state index is 13.3. The standard InChI is InChI=1S/C21H25ClN2O4S/c1-6-13-24(15-7-9-16(28-5)10-8-15)29(26,27)17-11-12-19(22)18(14-17)20(25)23-21(2,3)4/h6-12,14H,1,13H2,2-5H3,(H,23,25). The average Bonchev–Trinajstić information content (AvgIpc) is 2.65. The van der Waals surface area contributed by atoms with Gasteiger partial charge in [-0.05, 0) is 63.2 Å². The second kappa shape index (κ2) is 8.88. The number of rotatable bonds is 7. The number of anilines is 1. The Morgan fingerprint density at radius 2 is 1.83 bits per heavy atom. The SMILES string of the molecule is C=CCN(c1ccc(OC)cc1)S(=O)(=O)c1ccc(Cl)c(C(=O)NC(C)(C)C)c1. The first-order valence-corrected chi connectivity index (χ1v) is 10.7. The molecular formula is C21H25ClN2O4S. The van der Waals surface area contributed by atoms with E-state index in [1.54, 1.807) is 24.3 Å². The first kappa shape index (κ1) is 22.8. The van der Waals surface area contributed by atoms with Gasteiger partial charge < -0.3 is 10.1 Å². The Kier molecular flexibility index (Phi) is 6.97. The number of methoxy groups -OCH3 is 1. The first-order valence-electron chi connectivity index (χ1n) is 8.89. The van der Waals surface area contributed by atoms with Crippen LogP contribution < -0.4 is 14.4 Å². The molecule has 1 amide bonds. The van der Waals surface area contributed by atoms with E-state index < -0.39 is 21.5 Å². The lowest BCUT2D eigenvalue weighted by Gasteiger charge is -2.24. The van der Waals surface area contributed by atoms with Gasteiger partial charge >= 0.3 is 0 Å².